The zero-order valence-corrected chi connectivity index (χ0v) is 21.7. The zero-order valence-electron chi connectivity index (χ0n) is 20.9. The van der Waals surface area contributed by atoms with E-state index in [1.807, 2.05) is 54.6 Å². The second kappa shape index (κ2) is 12.3. The molecule has 0 aliphatic carbocycles. The SMILES string of the molecule is COc1ccc(-c2cc(=O)oc3c(C)c(OCC(=O)NC(CSCc4ccccc4)C(=O)O)ccc23)cc1. The summed E-state index contributed by atoms with van der Waals surface area (Å²) in [6.07, 6.45) is 0. The van der Waals surface area contributed by atoms with E-state index >= 15 is 0 Å². The number of amides is 1. The van der Waals surface area contributed by atoms with Crippen LogP contribution in [0.25, 0.3) is 22.1 Å². The number of fused-ring (bicyclic) bond motifs is 1. The van der Waals surface area contributed by atoms with E-state index in [0.29, 0.717) is 39.3 Å². The van der Waals surface area contributed by atoms with Gasteiger partial charge in [-0.3, -0.25) is 4.79 Å². The van der Waals surface area contributed by atoms with Crippen molar-refractivity contribution in [1.82, 2.24) is 5.32 Å². The van der Waals surface area contributed by atoms with Gasteiger partial charge < -0.3 is 24.3 Å². The predicted octanol–water partition coefficient (Wildman–Crippen LogP) is 4.66. The first kappa shape index (κ1) is 26.8. The largest absolute Gasteiger partial charge is 0.497 e. The van der Waals surface area contributed by atoms with Gasteiger partial charge in [-0.05, 0) is 47.9 Å². The minimum Gasteiger partial charge on any atom is -0.497 e. The van der Waals surface area contributed by atoms with E-state index in [1.54, 1.807) is 26.2 Å². The van der Waals surface area contributed by atoms with Crippen LogP contribution in [0.5, 0.6) is 11.5 Å². The van der Waals surface area contributed by atoms with Crippen LogP contribution in [0, 0.1) is 6.92 Å². The lowest BCUT2D eigenvalue weighted by molar-refractivity contribution is -0.141. The summed E-state index contributed by atoms with van der Waals surface area (Å²) in [6.45, 7) is 1.35. The molecule has 0 radical (unpaired) electrons. The number of carbonyl (C=O) groups excluding carboxylic acids is 1. The van der Waals surface area contributed by atoms with Crippen LogP contribution in [0.1, 0.15) is 11.1 Å². The van der Waals surface area contributed by atoms with Crippen molar-refractivity contribution < 1.29 is 28.6 Å². The number of nitrogens with one attached hydrogen (secondary N) is 1. The van der Waals surface area contributed by atoms with Gasteiger partial charge >= 0.3 is 11.6 Å². The van der Waals surface area contributed by atoms with Gasteiger partial charge in [-0.15, -0.1) is 0 Å². The third-order valence-electron chi connectivity index (χ3n) is 5.90. The molecule has 1 heterocycles. The first-order valence-corrected chi connectivity index (χ1v) is 13.0. The number of ether oxygens (including phenoxy) is 2. The van der Waals surface area contributed by atoms with E-state index < -0.39 is 23.5 Å². The summed E-state index contributed by atoms with van der Waals surface area (Å²) >= 11 is 1.42. The Kier molecular flexibility index (Phi) is 8.70. The molecule has 2 N–H and O–H groups in total. The predicted molar refractivity (Wildman–Crippen MR) is 147 cm³/mol. The van der Waals surface area contributed by atoms with Crippen LogP contribution in [0.15, 0.2) is 82.0 Å². The number of carboxylic acids is 1. The van der Waals surface area contributed by atoms with Gasteiger partial charge in [0.2, 0.25) is 0 Å². The Hall–Kier alpha value is -4.24. The van der Waals surface area contributed by atoms with E-state index in [-0.39, 0.29) is 12.4 Å². The summed E-state index contributed by atoms with van der Waals surface area (Å²) in [5.74, 6) is 0.222. The average Bonchev–Trinajstić information content (AvgIpc) is 2.92. The van der Waals surface area contributed by atoms with Crippen molar-refractivity contribution in [3.8, 4) is 22.6 Å². The molecule has 1 atom stereocenters. The van der Waals surface area contributed by atoms with Crippen LogP contribution in [-0.4, -0.2) is 42.5 Å². The summed E-state index contributed by atoms with van der Waals surface area (Å²) in [4.78, 5) is 36.5. The number of carboxylic acid groups (broad SMARTS) is 1. The fraction of sp³-hybridized carbons (Fsp3) is 0.207. The van der Waals surface area contributed by atoms with E-state index in [2.05, 4.69) is 5.32 Å². The van der Waals surface area contributed by atoms with Crippen molar-refractivity contribution in [1.29, 1.82) is 0 Å². The number of carbonyl (C=O) groups is 2. The Bertz CT molecular complexity index is 1480. The molecule has 0 saturated heterocycles. The Morgan fingerprint density at radius 2 is 1.79 bits per heavy atom. The summed E-state index contributed by atoms with van der Waals surface area (Å²) in [6, 6.07) is 20.8. The van der Waals surface area contributed by atoms with Crippen molar-refractivity contribution in [2.45, 2.75) is 18.7 Å². The van der Waals surface area contributed by atoms with Crippen LogP contribution in [-0.2, 0) is 15.3 Å². The Labute approximate surface area is 223 Å². The number of hydrogen-bond acceptors (Lipinski definition) is 7. The molecule has 196 valence electrons. The molecule has 0 fully saturated rings. The van der Waals surface area contributed by atoms with Crippen LogP contribution < -0.4 is 20.4 Å². The molecular weight excluding hydrogens is 506 g/mol. The second-order valence-electron chi connectivity index (χ2n) is 8.52. The van der Waals surface area contributed by atoms with Gasteiger partial charge in [0.05, 0.1) is 7.11 Å². The normalized spacial score (nSPS) is 11.6. The van der Waals surface area contributed by atoms with Crippen molar-refractivity contribution in [2.24, 2.45) is 0 Å². The molecule has 0 aliphatic heterocycles. The molecule has 38 heavy (non-hydrogen) atoms. The standard InChI is InChI=1S/C29H27NO7S/c1-18-25(36-15-26(31)30-24(29(33)34)17-38-16-19-6-4-3-5-7-19)13-12-22-23(14-27(32)37-28(18)22)20-8-10-21(35-2)11-9-20/h3-14,24H,15-17H2,1-2H3,(H,30,31)(H,33,34). The number of hydrogen-bond donors (Lipinski definition) is 2. The minimum absolute atomic E-state index is 0.213. The van der Waals surface area contributed by atoms with Gasteiger partial charge in [0.15, 0.2) is 6.61 Å². The lowest BCUT2D eigenvalue weighted by atomic mass is 10.00. The first-order valence-electron chi connectivity index (χ1n) is 11.8. The number of methoxy groups -OCH3 is 1. The van der Waals surface area contributed by atoms with Crippen molar-refractivity contribution in [3.05, 3.63) is 94.3 Å². The maximum atomic E-state index is 12.5. The number of thioether (sulfide) groups is 1. The van der Waals surface area contributed by atoms with Gasteiger partial charge in [-0.1, -0.05) is 42.5 Å². The molecule has 8 nitrogen and oxygen atoms in total. The smallest absolute Gasteiger partial charge is 0.336 e. The lowest BCUT2D eigenvalue weighted by Gasteiger charge is -2.16. The van der Waals surface area contributed by atoms with Crippen molar-refractivity contribution in [2.75, 3.05) is 19.5 Å². The molecule has 1 aromatic heterocycles. The molecule has 1 unspecified atom stereocenters. The van der Waals surface area contributed by atoms with Crippen LogP contribution >= 0.6 is 11.8 Å². The van der Waals surface area contributed by atoms with E-state index in [4.69, 9.17) is 13.9 Å². The molecule has 1 amide bonds. The van der Waals surface area contributed by atoms with Gasteiger partial charge in [0, 0.05) is 28.5 Å². The number of benzene rings is 3. The number of aliphatic carboxylic acids is 1. The molecule has 4 aromatic rings. The monoisotopic (exact) mass is 533 g/mol. The summed E-state index contributed by atoms with van der Waals surface area (Å²) < 4.78 is 16.4. The molecule has 9 heteroatoms. The summed E-state index contributed by atoms with van der Waals surface area (Å²) in [5, 5.41) is 12.7. The molecule has 0 aliphatic rings. The van der Waals surface area contributed by atoms with E-state index in [0.717, 1.165) is 11.1 Å². The number of aryl methyl sites for hydroxylation is 1. The average molecular weight is 534 g/mol. The third kappa shape index (κ3) is 6.54. The maximum absolute atomic E-state index is 12.5. The fourth-order valence-electron chi connectivity index (χ4n) is 3.93. The van der Waals surface area contributed by atoms with Gasteiger partial charge in [-0.2, -0.15) is 11.8 Å². The topological polar surface area (TPSA) is 115 Å². The molecular formula is C29H27NO7S. The summed E-state index contributed by atoms with van der Waals surface area (Å²) in [5.41, 5.74) is 2.98. The highest BCUT2D eigenvalue weighted by Crippen LogP contribution is 2.33. The van der Waals surface area contributed by atoms with E-state index in [9.17, 15) is 19.5 Å². The molecule has 3 aromatic carbocycles. The van der Waals surface area contributed by atoms with Crippen LogP contribution in [0.2, 0.25) is 0 Å². The van der Waals surface area contributed by atoms with Gasteiger partial charge in [-0.25, -0.2) is 9.59 Å². The van der Waals surface area contributed by atoms with Crippen molar-refractivity contribution in [3.63, 3.8) is 0 Å². The molecule has 0 bridgehead atoms. The molecule has 0 spiro atoms. The highest BCUT2D eigenvalue weighted by molar-refractivity contribution is 7.98. The van der Waals surface area contributed by atoms with Crippen LogP contribution in [0.4, 0.5) is 0 Å². The van der Waals surface area contributed by atoms with Crippen LogP contribution in [0.3, 0.4) is 0 Å². The van der Waals surface area contributed by atoms with E-state index in [1.165, 1.54) is 17.8 Å². The second-order valence-corrected chi connectivity index (χ2v) is 9.55. The quantitative estimate of drug-likeness (QED) is 0.268. The highest BCUT2D eigenvalue weighted by Gasteiger charge is 2.21. The molecule has 0 saturated carbocycles. The summed E-state index contributed by atoms with van der Waals surface area (Å²) in [7, 11) is 1.58. The fourth-order valence-corrected chi connectivity index (χ4v) is 4.94. The Balaban J connectivity index is 1.43. The first-order chi connectivity index (χ1) is 18.4. The molecule has 4 rings (SSSR count). The Morgan fingerprint density at radius 1 is 1.05 bits per heavy atom. The highest BCUT2D eigenvalue weighted by atomic mass is 32.2. The van der Waals surface area contributed by atoms with Gasteiger partial charge in [0.25, 0.3) is 5.91 Å². The Morgan fingerprint density at radius 3 is 2.47 bits per heavy atom. The minimum atomic E-state index is -1.12. The van der Waals surface area contributed by atoms with Crippen molar-refractivity contribution >= 4 is 34.6 Å². The van der Waals surface area contributed by atoms with Gasteiger partial charge in [0.1, 0.15) is 23.1 Å². The number of rotatable bonds is 11. The zero-order chi connectivity index (χ0) is 27.1. The maximum Gasteiger partial charge on any atom is 0.336 e. The third-order valence-corrected chi connectivity index (χ3v) is 7.01. The lowest BCUT2D eigenvalue weighted by Crippen LogP contribution is -2.44.